The second-order valence-corrected chi connectivity index (χ2v) is 4.24. The van der Waals surface area contributed by atoms with Gasteiger partial charge in [-0.25, -0.2) is 9.78 Å². The van der Waals surface area contributed by atoms with Crippen LogP contribution in [0.1, 0.15) is 16.3 Å². The summed E-state index contributed by atoms with van der Waals surface area (Å²) in [6.07, 6.45) is 1.74. The fourth-order valence-corrected chi connectivity index (χ4v) is 1.80. The number of rotatable bonds is 4. The molecule has 0 saturated heterocycles. The number of carboxylic acids is 1. The summed E-state index contributed by atoms with van der Waals surface area (Å²) >= 11 is 0. The average molecular weight is 249 g/mol. The van der Waals surface area contributed by atoms with Crippen LogP contribution in [0.15, 0.2) is 18.3 Å². The molecule has 0 bridgehead atoms. The molecule has 0 aliphatic heterocycles. The van der Waals surface area contributed by atoms with Crippen LogP contribution in [-0.4, -0.2) is 46.6 Å². The maximum atomic E-state index is 11.1. The lowest BCUT2D eigenvalue weighted by molar-refractivity contribution is 0.0693. The molecule has 96 valence electrons. The van der Waals surface area contributed by atoms with E-state index in [-0.39, 0.29) is 5.69 Å². The zero-order chi connectivity index (χ0) is 13.3. The number of ether oxygens (including phenoxy) is 1. The average Bonchev–Trinajstić information content (AvgIpc) is 2.67. The molecule has 0 aliphatic rings. The van der Waals surface area contributed by atoms with E-state index in [1.54, 1.807) is 29.8 Å². The van der Waals surface area contributed by atoms with Gasteiger partial charge in [0.05, 0.1) is 25.4 Å². The van der Waals surface area contributed by atoms with E-state index < -0.39 is 5.97 Å². The minimum atomic E-state index is -1.03. The fraction of sp³-hybridized carbons (Fsp3) is 0.333. The fourth-order valence-electron chi connectivity index (χ4n) is 1.80. The van der Waals surface area contributed by atoms with Gasteiger partial charge in [0.25, 0.3) is 0 Å². The Morgan fingerprint density at radius 1 is 1.50 bits per heavy atom. The van der Waals surface area contributed by atoms with E-state index in [2.05, 4.69) is 4.98 Å². The quantitative estimate of drug-likeness (QED) is 0.879. The monoisotopic (exact) mass is 249 g/mol. The molecule has 0 saturated carbocycles. The number of carboxylic acid groups (broad SMARTS) is 1. The Balaban J connectivity index is 2.64. The van der Waals surface area contributed by atoms with Crippen LogP contribution in [0, 0.1) is 0 Å². The molecule has 2 rings (SSSR count). The molecule has 18 heavy (non-hydrogen) atoms. The topological polar surface area (TPSA) is 67.1 Å². The summed E-state index contributed by atoms with van der Waals surface area (Å²) in [6, 6.07) is 3.43. The first-order chi connectivity index (χ1) is 8.52. The summed E-state index contributed by atoms with van der Waals surface area (Å²) in [6.45, 7) is 0.557. The zero-order valence-electron chi connectivity index (χ0n) is 10.5. The number of hydrogen-bond donors (Lipinski definition) is 1. The smallest absolute Gasteiger partial charge is 0.356 e. The second-order valence-electron chi connectivity index (χ2n) is 4.24. The molecule has 0 fully saturated rings. The lowest BCUT2D eigenvalue weighted by Gasteiger charge is -2.08. The third-order valence-electron chi connectivity index (χ3n) is 2.58. The van der Waals surface area contributed by atoms with Crippen molar-refractivity contribution in [3.63, 3.8) is 0 Å². The van der Waals surface area contributed by atoms with Crippen LogP contribution in [0.2, 0.25) is 0 Å². The molecule has 0 amide bonds. The van der Waals surface area contributed by atoms with Crippen LogP contribution < -0.4 is 4.74 Å². The molecule has 6 heteroatoms. The first kappa shape index (κ1) is 12.4. The molecular weight excluding hydrogens is 234 g/mol. The second kappa shape index (κ2) is 4.66. The Labute approximate surface area is 104 Å². The highest BCUT2D eigenvalue weighted by Gasteiger charge is 2.17. The molecule has 0 aromatic carbocycles. The number of methoxy groups -OCH3 is 1. The molecule has 0 spiro atoms. The molecule has 2 heterocycles. The van der Waals surface area contributed by atoms with Gasteiger partial charge in [-0.2, -0.15) is 0 Å². The molecule has 0 unspecified atom stereocenters. The van der Waals surface area contributed by atoms with Gasteiger partial charge in [0, 0.05) is 0 Å². The highest BCUT2D eigenvalue weighted by Crippen LogP contribution is 2.19. The zero-order valence-corrected chi connectivity index (χ0v) is 10.5. The number of nitrogens with zero attached hydrogens (tertiary/aromatic N) is 3. The minimum Gasteiger partial charge on any atom is -0.495 e. The lowest BCUT2D eigenvalue weighted by Crippen LogP contribution is -2.13. The number of carbonyl (C=O) groups is 1. The largest absolute Gasteiger partial charge is 0.495 e. The normalized spacial score (nSPS) is 11.1. The molecule has 6 nitrogen and oxygen atoms in total. The van der Waals surface area contributed by atoms with E-state index >= 15 is 0 Å². The van der Waals surface area contributed by atoms with Gasteiger partial charge >= 0.3 is 5.97 Å². The van der Waals surface area contributed by atoms with Gasteiger partial charge in [-0.15, -0.1) is 0 Å². The SMILES string of the molecule is COc1ccc2c(C(=O)O)nc(CN(C)C)n2c1. The van der Waals surface area contributed by atoms with E-state index in [0.717, 1.165) is 0 Å². The Morgan fingerprint density at radius 2 is 2.22 bits per heavy atom. The third kappa shape index (κ3) is 2.14. The highest BCUT2D eigenvalue weighted by atomic mass is 16.5. The van der Waals surface area contributed by atoms with Crippen LogP contribution in [-0.2, 0) is 6.54 Å². The molecule has 2 aromatic heterocycles. The number of fused-ring (bicyclic) bond motifs is 1. The van der Waals surface area contributed by atoms with E-state index in [4.69, 9.17) is 9.84 Å². The predicted octanol–water partition coefficient (Wildman–Crippen LogP) is 1.10. The number of aromatic carboxylic acids is 1. The number of pyridine rings is 1. The van der Waals surface area contributed by atoms with Gasteiger partial charge < -0.3 is 14.7 Å². The van der Waals surface area contributed by atoms with Gasteiger partial charge in [0.15, 0.2) is 5.69 Å². The van der Waals surface area contributed by atoms with Gasteiger partial charge in [-0.3, -0.25) is 4.40 Å². The minimum absolute atomic E-state index is 0.0644. The van der Waals surface area contributed by atoms with Crippen molar-refractivity contribution in [1.29, 1.82) is 0 Å². The molecule has 0 atom stereocenters. The standard InChI is InChI=1S/C12H15N3O3/c1-14(2)7-10-13-11(12(16)17)9-5-4-8(18-3)6-15(9)10/h4-6H,7H2,1-3H3,(H,16,17). The van der Waals surface area contributed by atoms with E-state index in [0.29, 0.717) is 23.6 Å². The first-order valence-corrected chi connectivity index (χ1v) is 5.46. The van der Waals surface area contributed by atoms with Crippen molar-refractivity contribution in [2.45, 2.75) is 6.54 Å². The maximum absolute atomic E-state index is 11.1. The molecule has 1 N–H and O–H groups in total. The molecular formula is C12H15N3O3. The van der Waals surface area contributed by atoms with Gasteiger partial charge in [0.2, 0.25) is 0 Å². The van der Waals surface area contributed by atoms with Crippen LogP contribution in [0.25, 0.3) is 5.52 Å². The third-order valence-corrected chi connectivity index (χ3v) is 2.58. The van der Waals surface area contributed by atoms with Gasteiger partial charge in [0.1, 0.15) is 11.6 Å². The summed E-state index contributed by atoms with van der Waals surface area (Å²) in [5.41, 5.74) is 0.634. The number of aromatic nitrogens is 2. The van der Waals surface area contributed by atoms with E-state index in [9.17, 15) is 4.79 Å². The van der Waals surface area contributed by atoms with Crippen LogP contribution >= 0.6 is 0 Å². The lowest BCUT2D eigenvalue weighted by atomic mass is 10.3. The van der Waals surface area contributed by atoms with E-state index in [1.165, 1.54) is 0 Å². The Kier molecular flexibility index (Phi) is 3.20. The van der Waals surface area contributed by atoms with Crippen LogP contribution in [0.5, 0.6) is 5.75 Å². The van der Waals surface area contributed by atoms with Gasteiger partial charge in [-0.05, 0) is 26.2 Å². The summed E-state index contributed by atoms with van der Waals surface area (Å²) in [7, 11) is 5.38. The first-order valence-electron chi connectivity index (χ1n) is 5.46. The Hall–Kier alpha value is -2.08. The molecule has 0 aliphatic carbocycles. The van der Waals surface area contributed by atoms with Crippen molar-refractivity contribution in [2.24, 2.45) is 0 Å². The summed E-state index contributed by atoms with van der Waals surface area (Å²) in [5, 5.41) is 9.14. The predicted molar refractivity (Wildman–Crippen MR) is 66.1 cm³/mol. The maximum Gasteiger partial charge on any atom is 0.356 e. The number of hydrogen-bond acceptors (Lipinski definition) is 4. The molecule has 2 aromatic rings. The van der Waals surface area contributed by atoms with Gasteiger partial charge in [-0.1, -0.05) is 0 Å². The van der Waals surface area contributed by atoms with Crippen molar-refractivity contribution < 1.29 is 14.6 Å². The van der Waals surface area contributed by atoms with Crippen LogP contribution in [0.3, 0.4) is 0 Å². The molecule has 0 radical (unpaired) electrons. The van der Waals surface area contributed by atoms with Crippen molar-refractivity contribution in [1.82, 2.24) is 14.3 Å². The van der Waals surface area contributed by atoms with Crippen molar-refractivity contribution >= 4 is 11.5 Å². The van der Waals surface area contributed by atoms with Crippen molar-refractivity contribution in [3.8, 4) is 5.75 Å². The summed E-state index contributed by atoms with van der Waals surface area (Å²) in [5.74, 6) is 0.311. The Bertz CT molecular complexity index is 590. The van der Waals surface area contributed by atoms with Crippen molar-refractivity contribution in [2.75, 3.05) is 21.2 Å². The Morgan fingerprint density at radius 3 is 2.78 bits per heavy atom. The summed E-state index contributed by atoms with van der Waals surface area (Å²) < 4.78 is 6.89. The number of imidazole rings is 1. The van der Waals surface area contributed by atoms with Crippen molar-refractivity contribution in [3.05, 3.63) is 29.8 Å². The highest BCUT2D eigenvalue weighted by molar-refractivity contribution is 5.93. The summed E-state index contributed by atoms with van der Waals surface area (Å²) in [4.78, 5) is 17.2. The van der Waals surface area contributed by atoms with E-state index in [1.807, 2.05) is 19.0 Å². The van der Waals surface area contributed by atoms with Crippen LogP contribution in [0.4, 0.5) is 0 Å².